The van der Waals surface area contributed by atoms with Crippen molar-refractivity contribution in [3.05, 3.63) is 59.2 Å². The zero-order chi connectivity index (χ0) is 13.2. The summed E-state index contributed by atoms with van der Waals surface area (Å²) >= 11 is 3.45. The van der Waals surface area contributed by atoms with Gasteiger partial charge in [0, 0.05) is 16.5 Å². The van der Waals surface area contributed by atoms with Crippen LogP contribution in [0.5, 0.6) is 11.5 Å². The minimum atomic E-state index is -0.227. The first-order valence-corrected chi connectivity index (χ1v) is 7.37. The van der Waals surface area contributed by atoms with Gasteiger partial charge in [0.1, 0.15) is 17.8 Å². The monoisotopic (exact) mass is 316 g/mol. The molecule has 0 amide bonds. The van der Waals surface area contributed by atoms with Gasteiger partial charge in [-0.1, -0.05) is 52.3 Å². The number of carbonyl (C=O) groups excluding carboxylic acids is 1. The molecule has 0 fully saturated rings. The van der Waals surface area contributed by atoms with Crippen LogP contribution in [0, 0.1) is 0 Å². The molecule has 0 radical (unpaired) electrons. The first kappa shape index (κ1) is 12.4. The lowest BCUT2D eigenvalue weighted by Gasteiger charge is -2.26. The Labute approximate surface area is 120 Å². The quantitative estimate of drug-likeness (QED) is 0.630. The fourth-order valence-corrected chi connectivity index (χ4v) is 2.95. The molecule has 0 spiro atoms. The maximum Gasteiger partial charge on any atom is 0.134 e. The Morgan fingerprint density at radius 3 is 2.68 bits per heavy atom. The predicted octanol–water partition coefficient (Wildman–Crippen LogP) is 4.06. The van der Waals surface area contributed by atoms with Crippen LogP contribution in [0.1, 0.15) is 22.6 Å². The van der Waals surface area contributed by atoms with E-state index in [1.807, 2.05) is 36.4 Å². The Hall–Kier alpha value is -1.61. The predicted molar refractivity (Wildman–Crippen MR) is 78.4 cm³/mol. The summed E-state index contributed by atoms with van der Waals surface area (Å²) in [6.07, 6.45) is 1.88. The molecule has 0 saturated heterocycles. The van der Waals surface area contributed by atoms with E-state index in [4.69, 9.17) is 4.74 Å². The zero-order valence-corrected chi connectivity index (χ0v) is 11.9. The van der Waals surface area contributed by atoms with E-state index in [0.29, 0.717) is 0 Å². The van der Waals surface area contributed by atoms with E-state index in [-0.39, 0.29) is 5.92 Å². The van der Waals surface area contributed by atoms with Crippen molar-refractivity contribution in [1.29, 1.82) is 0 Å². The molecule has 1 atom stereocenters. The number of ether oxygens (including phenoxy) is 1. The Morgan fingerprint density at radius 1 is 1.11 bits per heavy atom. The molecule has 1 aliphatic rings. The number of carbonyl (C=O) groups is 1. The van der Waals surface area contributed by atoms with E-state index < -0.39 is 0 Å². The highest BCUT2D eigenvalue weighted by Gasteiger charge is 2.27. The van der Waals surface area contributed by atoms with Gasteiger partial charge in [0.15, 0.2) is 0 Å². The third-order valence-electron chi connectivity index (χ3n) is 3.43. The summed E-state index contributed by atoms with van der Waals surface area (Å²) in [5.74, 6) is 1.40. The van der Waals surface area contributed by atoms with Crippen molar-refractivity contribution in [1.82, 2.24) is 0 Å². The van der Waals surface area contributed by atoms with Gasteiger partial charge in [-0.15, -0.1) is 0 Å². The average molecular weight is 317 g/mol. The van der Waals surface area contributed by atoms with Gasteiger partial charge in [0.25, 0.3) is 0 Å². The second-order valence-electron chi connectivity index (χ2n) is 4.53. The average Bonchev–Trinajstić information content (AvgIpc) is 2.45. The van der Waals surface area contributed by atoms with Crippen LogP contribution in [-0.4, -0.2) is 11.6 Å². The number of rotatable bonds is 3. The maximum absolute atomic E-state index is 11.5. The molecule has 3 rings (SSSR count). The van der Waals surface area contributed by atoms with E-state index in [0.717, 1.165) is 46.2 Å². The minimum Gasteiger partial charge on any atom is -0.456 e. The fraction of sp³-hybridized carbons (Fsp3) is 0.188. The summed E-state index contributed by atoms with van der Waals surface area (Å²) in [6.45, 7) is 0. The minimum absolute atomic E-state index is 0.227. The highest BCUT2D eigenvalue weighted by Crippen LogP contribution is 2.44. The second kappa shape index (κ2) is 5.17. The third-order valence-corrected chi connectivity index (χ3v) is 3.82. The molecule has 96 valence electrons. The molecule has 1 unspecified atom stereocenters. The van der Waals surface area contributed by atoms with Gasteiger partial charge < -0.3 is 9.53 Å². The van der Waals surface area contributed by atoms with Gasteiger partial charge in [0.05, 0.1) is 5.92 Å². The smallest absolute Gasteiger partial charge is 0.134 e. The van der Waals surface area contributed by atoms with Crippen LogP contribution in [0.25, 0.3) is 0 Å². The van der Waals surface area contributed by atoms with Gasteiger partial charge in [-0.05, 0) is 18.1 Å². The van der Waals surface area contributed by atoms with E-state index in [2.05, 4.69) is 22.0 Å². The summed E-state index contributed by atoms with van der Waals surface area (Å²) in [5, 5.41) is 0.875. The molecule has 0 aromatic heterocycles. The highest BCUT2D eigenvalue weighted by molar-refractivity contribution is 9.09. The standard InChI is InChI=1S/C16H13BrO2/c17-9-8-11-4-3-6-13-14(10-18)12-5-1-2-7-15(12)19-16(11)13/h1-7,10,14H,8-9H2. The molecular weight excluding hydrogens is 304 g/mol. The van der Waals surface area contributed by atoms with Gasteiger partial charge in [-0.3, -0.25) is 0 Å². The molecule has 19 heavy (non-hydrogen) atoms. The largest absolute Gasteiger partial charge is 0.456 e. The van der Waals surface area contributed by atoms with Gasteiger partial charge in [-0.25, -0.2) is 0 Å². The lowest BCUT2D eigenvalue weighted by atomic mass is 9.87. The maximum atomic E-state index is 11.5. The number of aryl methyl sites for hydroxylation is 1. The summed E-state index contributed by atoms with van der Waals surface area (Å²) in [7, 11) is 0. The normalized spacial score (nSPS) is 16.2. The topological polar surface area (TPSA) is 26.3 Å². The van der Waals surface area contributed by atoms with Crippen molar-refractivity contribution in [2.45, 2.75) is 12.3 Å². The Kier molecular flexibility index (Phi) is 3.38. The molecular formula is C16H13BrO2. The van der Waals surface area contributed by atoms with Crippen LogP contribution in [0.15, 0.2) is 42.5 Å². The van der Waals surface area contributed by atoms with Crippen LogP contribution < -0.4 is 4.74 Å². The molecule has 1 aliphatic heterocycles. The number of alkyl halides is 1. The van der Waals surface area contributed by atoms with Crippen LogP contribution in [0.4, 0.5) is 0 Å². The number of benzene rings is 2. The number of fused-ring (bicyclic) bond motifs is 2. The van der Waals surface area contributed by atoms with Gasteiger partial charge >= 0.3 is 0 Å². The molecule has 0 bridgehead atoms. The molecule has 3 heteroatoms. The van der Waals surface area contributed by atoms with Crippen molar-refractivity contribution in [2.75, 3.05) is 5.33 Å². The van der Waals surface area contributed by atoms with Crippen molar-refractivity contribution in [2.24, 2.45) is 0 Å². The fourth-order valence-electron chi connectivity index (χ4n) is 2.53. The Balaban J connectivity index is 2.17. The van der Waals surface area contributed by atoms with E-state index in [9.17, 15) is 4.79 Å². The Morgan fingerprint density at radius 2 is 1.89 bits per heavy atom. The van der Waals surface area contributed by atoms with Crippen molar-refractivity contribution in [3.63, 3.8) is 0 Å². The van der Waals surface area contributed by atoms with Crippen molar-refractivity contribution in [3.8, 4) is 11.5 Å². The molecule has 0 aliphatic carbocycles. The molecule has 2 aromatic rings. The first-order chi connectivity index (χ1) is 9.35. The first-order valence-electron chi connectivity index (χ1n) is 6.25. The van der Waals surface area contributed by atoms with Crippen LogP contribution >= 0.6 is 15.9 Å². The molecule has 0 N–H and O–H groups in total. The lowest BCUT2D eigenvalue weighted by molar-refractivity contribution is -0.108. The highest BCUT2D eigenvalue weighted by atomic mass is 79.9. The van der Waals surface area contributed by atoms with Crippen molar-refractivity contribution < 1.29 is 9.53 Å². The summed E-state index contributed by atoms with van der Waals surface area (Å²) in [4.78, 5) is 11.5. The van der Waals surface area contributed by atoms with Gasteiger partial charge in [-0.2, -0.15) is 0 Å². The SMILES string of the molecule is O=CC1c2ccccc2Oc2c(CCBr)cccc21. The summed E-state index contributed by atoms with van der Waals surface area (Å²) < 4.78 is 6.01. The molecule has 2 nitrogen and oxygen atoms in total. The van der Waals surface area contributed by atoms with Crippen LogP contribution in [0.2, 0.25) is 0 Å². The second-order valence-corrected chi connectivity index (χ2v) is 5.32. The summed E-state index contributed by atoms with van der Waals surface area (Å²) in [6, 6.07) is 13.8. The lowest BCUT2D eigenvalue weighted by Crippen LogP contribution is -2.12. The number of para-hydroxylation sites is 2. The van der Waals surface area contributed by atoms with E-state index in [1.54, 1.807) is 0 Å². The van der Waals surface area contributed by atoms with Crippen LogP contribution in [-0.2, 0) is 11.2 Å². The van der Waals surface area contributed by atoms with E-state index in [1.165, 1.54) is 0 Å². The zero-order valence-electron chi connectivity index (χ0n) is 10.3. The Bertz CT molecular complexity index is 622. The number of hydrogen-bond donors (Lipinski definition) is 0. The van der Waals surface area contributed by atoms with E-state index >= 15 is 0 Å². The number of hydrogen-bond acceptors (Lipinski definition) is 2. The molecule has 0 saturated carbocycles. The van der Waals surface area contributed by atoms with Crippen molar-refractivity contribution >= 4 is 22.2 Å². The number of aldehydes is 1. The number of halogens is 1. The van der Waals surface area contributed by atoms with Gasteiger partial charge in [0.2, 0.25) is 0 Å². The summed E-state index contributed by atoms with van der Waals surface area (Å²) in [5.41, 5.74) is 3.05. The third kappa shape index (κ3) is 2.08. The molecule has 2 aromatic carbocycles. The van der Waals surface area contributed by atoms with Crippen LogP contribution in [0.3, 0.4) is 0 Å². The molecule has 1 heterocycles.